The van der Waals surface area contributed by atoms with Crippen LogP contribution in [0.4, 0.5) is 0 Å². The Hall–Kier alpha value is -0.480. The van der Waals surface area contributed by atoms with Crippen molar-refractivity contribution in [1.82, 2.24) is 0 Å². The highest BCUT2D eigenvalue weighted by molar-refractivity contribution is 7.46. The second-order valence-corrected chi connectivity index (χ2v) is 3.63. The van der Waals surface area contributed by atoms with Crippen LogP contribution in [-0.2, 0) is 13.9 Å². The highest BCUT2D eigenvalue weighted by atomic mass is 31.2. The molecule has 0 fully saturated rings. The van der Waals surface area contributed by atoms with E-state index in [4.69, 9.17) is 9.79 Å². The molecule has 0 aliphatic rings. The third kappa shape index (κ3) is 9.43. The number of hydrogen-bond acceptors (Lipinski definition) is 3. The molecule has 0 unspecified atom stereocenters. The molecule has 0 atom stereocenters. The number of carbonyl (C=O) groups is 1. The summed E-state index contributed by atoms with van der Waals surface area (Å²) in [4.78, 5) is 27.4. The van der Waals surface area contributed by atoms with Crippen molar-refractivity contribution >= 4 is 13.6 Å². The average Bonchev–Trinajstić information content (AvgIpc) is 1.97. The summed E-state index contributed by atoms with van der Waals surface area (Å²) in [7, 11) is -4.37. The highest BCUT2D eigenvalue weighted by Crippen LogP contribution is 2.35. The molecule has 6 heteroatoms. The molecule has 0 aromatic carbocycles. The van der Waals surface area contributed by atoms with Crippen LogP contribution >= 0.6 is 7.82 Å². The summed E-state index contributed by atoms with van der Waals surface area (Å²) in [5, 5.41) is 0. The third-order valence-corrected chi connectivity index (χ3v) is 1.70. The maximum absolute atomic E-state index is 10.8. The van der Waals surface area contributed by atoms with Crippen molar-refractivity contribution in [3.63, 3.8) is 0 Å². The molecule has 0 rings (SSSR count). The van der Waals surface area contributed by atoms with Gasteiger partial charge < -0.3 is 9.79 Å². The maximum atomic E-state index is 10.8. The summed E-state index contributed by atoms with van der Waals surface area (Å²) < 4.78 is 14.3. The number of hydrogen-bond donors (Lipinski definition) is 2. The molecule has 76 valence electrons. The molecule has 0 aromatic rings. The van der Waals surface area contributed by atoms with Crippen molar-refractivity contribution in [2.75, 3.05) is 6.61 Å². The van der Waals surface area contributed by atoms with Crippen molar-refractivity contribution < 1.29 is 23.7 Å². The zero-order valence-electron chi connectivity index (χ0n) is 7.34. The molecule has 0 aromatic heterocycles. The first kappa shape index (κ1) is 12.5. The minimum Gasteiger partial charge on any atom is -0.303 e. The highest BCUT2D eigenvalue weighted by Gasteiger charge is 2.12. The second-order valence-electron chi connectivity index (χ2n) is 2.39. The summed E-state index contributed by atoms with van der Waals surface area (Å²) in [6.07, 6.45) is 3.59. The Morgan fingerprint density at radius 3 is 2.62 bits per heavy atom. The summed E-state index contributed by atoms with van der Waals surface area (Å²) in [6, 6.07) is 0. The van der Waals surface area contributed by atoms with Gasteiger partial charge in [-0.3, -0.25) is 9.32 Å². The second kappa shape index (κ2) is 6.05. The minimum absolute atomic E-state index is 0.0724. The fourth-order valence-electron chi connectivity index (χ4n) is 0.699. The lowest BCUT2D eigenvalue weighted by Gasteiger charge is -2.03. The molecule has 0 heterocycles. The molecule has 5 nitrogen and oxygen atoms in total. The van der Waals surface area contributed by atoms with Crippen molar-refractivity contribution in [2.24, 2.45) is 0 Å². The summed E-state index contributed by atoms with van der Waals surface area (Å²) in [5.74, 6) is -0.0724. The van der Waals surface area contributed by atoms with Crippen LogP contribution in [0.5, 0.6) is 0 Å². The Morgan fingerprint density at radius 2 is 2.15 bits per heavy atom. The van der Waals surface area contributed by atoms with Crippen LogP contribution in [0.3, 0.4) is 0 Å². The van der Waals surface area contributed by atoms with E-state index in [1.54, 1.807) is 13.0 Å². The molecule has 0 radical (unpaired) electrons. The Bertz CT molecular complexity index is 229. The molecule has 0 saturated carbocycles. The molecule has 2 N–H and O–H groups in total. The Labute approximate surface area is 76.7 Å². The quantitative estimate of drug-likeness (QED) is 0.386. The Kier molecular flexibility index (Phi) is 5.82. The number of allylic oxidation sites excluding steroid dienone is 2. The summed E-state index contributed by atoms with van der Waals surface area (Å²) in [5.41, 5.74) is 0. The van der Waals surface area contributed by atoms with Crippen molar-refractivity contribution in [3.05, 3.63) is 12.2 Å². The number of ketones is 1. The van der Waals surface area contributed by atoms with Gasteiger partial charge in [0.25, 0.3) is 0 Å². The van der Waals surface area contributed by atoms with Crippen LogP contribution in [0.25, 0.3) is 0 Å². The van der Waals surface area contributed by atoms with E-state index in [0.717, 1.165) is 0 Å². The molecule has 0 aliphatic heterocycles. The van der Waals surface area contributed by atoms with Gasteiger partial charge in [0.05, 0.1) is 6.61 Å². The van der Waals surface area contributed by atoms with Crippen LogP contribution in [0.1, 0.15) is 19.8 Å². The Balaban J connectivity index is 3.47. The number of phosphoric ester groups is 1. The summed E-state index contributed by atoms with van der Waals surface area (Å²) >= 11 is 0. The monoisotopic (exact) mass is 208 g/mol. The van der Waals surface area contributed by atoms with Crippen LogP contribution in [0, 0.1) is 0 Å². The third-order valence-electron chi connectivity index (χ3n) is 1.18. The first-order valence-corrected chi connectivity index (χ1v) is 5.34. The normalized spacial score (nSPS) is 12.2. The van der Waals surface area contributed by atoms with E-state index in [0.29, 0.717) is 6.42 Å². The van der Waals surface area contributed by atoms with E-state index in [1.807, 2.05) is 0 Å². The van der Waals surface area contributed by atoms with Gasteiger partial charge in [0.15, 0.2) is 5.78 Å². The lowest BCUT2D eigenvalue weighted by molar-refractivity contribution is -0.114. The largest absolute Gasteiger partial charge is 0.469 e. The van der Waals surface area contributed by atoms with Gasteiger partial charge in [0.2, 0.25) is 0 Å². The van der Waals surface area contributed by atoms with E-state index in [9.17, 15) is 9.36 Å². The van der Waals surface area contributed by atoms with Gasteiger partial charge >= 0.3 is 7.82 Å². The Morgan fingerprint density at radius 1 is 1.54 bits per heavy atom. The number of carbonyl (C=O) groups excluding carboxylic acids is 1. The molecule has 13 heavy (non-hydrogen) atoms. The molecule has 0 saturated heterocycles. The van der Waals surface area contributed by atoms with Gasteiger partial charge in [0.1, 0.15) is 0 Å². The lowest BCUT2D eigenvalue weighted by atomic mass is 10.2. The van der Waals surface area contributed by atoms with E-state index in [2.05, 4.69) is 4.52 Å². The first-order chi connectivity index (χ1) is 5.95. The molecule has 0 bridgehead atoms. The number of rotatable bonds is 6. The van der Waals surface area contributed by atoms with Crippen LogP contribution in [-0.4, -0.2) is 22.2 Å². The van der Waals surface area contributed by atoms with Gasteiger partial charge in [-0.2, -0.15) is 0 Å². The van der Waals surface area contributed by atoms with E-state index < -0.39 is 7.82 Å². The maximum Gasteiger partial charge on any atom is 0.469 e. The molecule has 0 spiro atoms. The van der Waals surface area contributed by atoms with Crippen molar-refractivity contribution in [2.45, 2.75) is 19.8 Å². The van der Waals surface area contributed by atoms with Crippen LogP contribution in [0.15, 0.2) is 12.2 Å². The van der Waals surface area contributed by atoms with Gasteiger partial charge in [-0.25, -0.2) is 4.57 Å². The smallest absolute Gasteiger partial charge is 0.303 e. The van der Waals surface area contributed by atoms with Gasteiger partial charge in [0, 0.05) is 6.42 Å². The predicted octanol–water partition coefficient (Wildman–Crippen LogP) is 1.02. The van der Waals surface area contributed by atoms with E-state index >= 15 is 0 Å². The molecule has 0 amide bonds. The van der Waals surface area contributed by atoms with Crippen molar-refractivity contribution in [3.8, 4) is 0 Å². The van der Waals surface area contributed by atoms with E-state index in [-0.39, 0.29) is 18.8 Å². The molecule has 0 aliphatic carbocycles. The number of phosphoric acid groups is 1. The fourth-order valence-corrected chi connectivity index (χ4v) is 1.07. The standard InChI is InChI=1S/C7H13O5P/c1-2-4-7(8)5-3-6-12-13(9,10)11/h2,4H,3,5-6H2,1H3,(H2,9,10,11). The average molecular weight is 208 g/mol. The molecular formula is C7H13O5P. The summed E-state index contributed by atoms with van der Waals surface area (Å²) in [6.45, 7) is 1.62. The van der Waals surface area contributed by atoms with Gasteiger partial charge in [-0.1, -0.05) is 6.08 Å². The fraction of sp³-hybridized carbons (Fsp3) is 0.571. The zero-order valence-corrected chi connectivity index (χ0v) is 8.24. The minimum atomic E-state index is -4.37. The van der Waals surface area contributed by atoms with Crippen molar-refractivity contribution in [1.29, 1.82) is 0 Å². The lowest BCUT2D eigenvalue weighted by Crippen LogP contribution is -1.97. The topological polar surface area (TPSA) is 83.8 Å². The van der Waals surface area contributed by atoms with Gasteiger partial charge in [-0.15, -0.1) is 0 Å². The predicted molar refractivity (Wildman–Crippen MR) is 47.1 cm³/mol. The SMILES string of the molecule is CC=CC(=O)CCCOP(=O)(O)O. The van der Waals surface area contributed by atoms with Crippen LogP contribution in [0.2, 0.25) is 0 Å². The van der Waals surface area contributed by atoms with Crippen LogP contribution < -0.4 is 0 Å². The van der Waals surface area contributed by atoms with E-state index in [1.165, 1.54) is 6.08 Å². The zero-order chi connectivity index (χ0) is 10.3. The van der Waals surface area contributed by atoms with Gasteiger partial charge in [-0.05, 0) is 19.4 Å². The molecular weight excluding hydrogens is 195 g/mol. The first-order valence-electron chi connectivity index (χ1n) is 3.81.